The highest BCUT2D eigenvalue weighted by molar-refractivity contribution is 9.10. The van der Waals surface area contributed by atoms with Gasteiger partial charge in [-0.25, -0.2) is 24.3 Å². The van der Waals surface area contributed by atoms with Gasteiger partial charge in [-0.3, -0.25) is 0 Å². The summed E-state index contributed by atoms with van der Waals surface area (Å²) in [6, 6.07) is 4.63. The van der Waals surface area contributed by atoms with Gasteiger partial charge >= 0.3 is 6.18 Å². The predicted octanol–water partition coefficient (Wildman–Crippen LogP) is 4.70. The van der Waals surface area contributed by atoms with Gasteiger partial charge in [-0.2, -0.15) is 23.0 Å². The van der Waals surface area contributed by atoms with E-state index in [1.807, 2.05) is 0 Å². The number of aromatic nitrogens is 6. The van der Waals surface area contributed by atoms with Crippen molar-refractivity contribution in [2.24, 2.45) is 0 Å². The predicted molar refractivity (Wildman–Crippen MR) is 103 cm³/mol. The van der Waals surface area contributed by atoms with Gasteiger partial charge in [0.15, 0.2) is 11.6 Å². The molecule has 0 aliphatic rings. The molecule has 0 fully saturated rings. The molecule has 0 amide bonds. The van der Waals surface area contributed by atoms with Gasteiger partial charge in [0, 0.05) is 9.86 Å². The fourth-order valence-electron chi connectivity index (χ4n) is 2.95. The molecule has 0 aliphatic heterocycles. The lowest BCUT2D eigenvalue weighted by molar-refractivity contribution is -0.136. The van der Waals surface area contributed by atoms with E-state index in [0.717, 1.165) is 18.6 Å². The number of benzene rings is 1. The average molecular weight is 482 g/mol. The number of pyridine rings is 1. The summed E-state index contributed by atoms with van der Waals surface area (Å²) in [5.41, 5.74) is -1.10. The Morgan fingerprint density at radius 2 is 1.87 bits per heavy atom. The van der Waals surface area contributed by atoms with Crippen LogP contribution in [0.25, 0.3) is 16.7 Å². The Hall–Kier alpha value is -3.15. The molecule has 4 aromatic rings. The van der Waals surface area contributed by atoms with Crippen molar-refractivity contribution in [3.63, 3.8) is 0 Å². The Bertz CT molecular complexity index is 1210. The van der Waals surface area contributed by atoms with Crippen LogP contribution in [0.1, 0.15) is 24.4 Å². The molecule has 7 nitrogen and oxygen atoms in total. The van der Waals surface area contributed by atoms with E-state index in [1.54, 1.807) is 6.92 Å². The fourth-order valence-corrected chi connectivity index (χ4v) is 3.41. The van der Waals surface area contributed by atoms with E-state index in [0.29, 0.717) is 11.6 Å². The van der Waals surface area contributed by atoms with Gasteiger partial charge in [0.05, 0.1) is 23.3 Å². The normalized spacial score (nSPS) is 12.9. The molecule has 12 heteroatoms. The first-order valence-corrected chi connectivity index (χ1v) is 9.33. The number of hydrogen-bond donors (Lipinski definition) is 1. The lowest BCUT2D eigenvalue weighted by Gasteiger charge is -2.17. The standard InChI is InChI=1S/C18H12BrF4N7/c1-9(17-27-8-28-30(17)14-3-2-11(20)6-24-14)29-16-12-4-10(19)5-13(18(21,22)23)15(12)25-7-26-16/h2-9H,1H3,(H,25,26,29). The fraction of sp³-hybridized carbons (Fsp3) is 0.167. The Morgan fingerprint density at radius 1 is 1.07 bits per heavy atom. The molecule has 30 heavy (non-hydrogen) atoms. The number of anilines is 1. The molecule has 0 aliphatic carbocycles. The first kappa shape index (κ1) is 20.1. The Labute approximate surface area is 175 Å². The molecule has 0 radical (unpaired) electrons. The second-order valence-electron chi connectivity index (χ2n) is 6.30. The third-order valence-corrected chi connectivity index (χ3v) is 4.71. The summed E-state index contributed by atoms with van der Waals surface area (Å²) in [4.78, 5) is 16.1. The van der Waals surface area contributed by atoms with Gasteiger partial charge in [-0.15, -0.1) is 0 Å². The minimum absolute atomic E-state index is 0.192. The van der Waals surface area contributed by atoms with Crippen molar-refractivity contribution in [3.05, 3.63) is 64.8 Å². The first-order chi connectivity index (χ1) is 14.2. The number of rotatable bonds is 4. The van der Waals surface area contributed by atoms with Gasteiger partial charge in [-0.05, 0) is 31.2 Å². The van der Waals surface area contributed by atoms with Gasteiger partial charge in [0.25, 0.3) is 0 Å². The minimum Gasteiger partial charge on any atom is -0.360 e. The number of hydrogen-bond acceptors (Lipinski definition) is 6. The van der Waals surface area contributed by atoms with Crippen molar-refractivity contribution in [3.8, 4) is 5.82 Å². The van der Waals surface area contributed by atoms with Crippen LogP contribution in [0.4, 0.5) is 23.4 Å². The highest BCUT2D eigenvalue weighted by Crippen LogP contribution is 2.38. The summed E-state index contributed by atoms with van der Waals surface area (Å²) in [5.74, 6) is 0.449. The minimum atomic E-state index is -4.58. The molecule has 1 aromatic carbocycles. The average Bonchev–Trinajstić information content (AvgIpc) is 3.18. The van der Waals surface area contributed by atoms with E-state index in [1.165, 1.54) is 29.2 Å². The maximum absolute atomic E-state index is 13.4. The van der Waals surface area contributed by atoms with Gasteiger partial charge in [0.1, 0.15) is 24.3 Å². The highest BCUT2D eigenvalue weighted by atomic mass is 79.9. The highest BCUT2D eigenvalue weighted by Gasteiger charge is 2.34. The van der Waals surface area contributed by atoms with E-state index in [4.69, 9.17) is 0 Å². The van der Waals surface area contributed by atoms with Crippen molar-refractivity contribution < 1.29 is 17.6 Å². The molecule has 0 spiro atoms. The van der Waals surface area contributed by atoms with Gasteiger partial charge in [-0.1, -0.05) is 15.9 Å². The molecule has 4 rings (SSSR count). The van der Waals surface area contributed by atoms with Crippen LogP contribution in [0, 0.1) is 5.82 Å². The smallest absolute Gasteiger partial charge is 0.360 e. The zero-order chi connectivity index (χ0) is 21.5. The second kappa shape index (κ2) is 7.59. The topological polar surface area (TPSA) is 81.4 Å². The van der Waals surface area contributed by atoms with E-state index in [-0.39, 0.29) is 21.2 Å². The van der Waals surface area contributed by atoms with Crippen molar-refractivity contribution in [2.45, 2.75) is 19.1 Å². The molecule has 1 N–H and O–H groups in total. The summed E-state index contributed by atoms with van der Waals surface area (Å²) in [7, 11) is 0. The number of halogens is 5. The van der Waals surface area contributed by atoms with Crippen LogP contribution in [0.3, 0.4) is 0 Å². The summed E-state index contributed by atoms with van der Waals surface area (Å²) in [5, 5.41) is 7.34. The number of nitrogens with zero attached hydrogens (tertiary/aromatic N) is 6. The van der Waals surface area contributed by atoms with Crippen molar-refractivity contribution in [1.82, 2.24) is 29.7 Å². The van der Waals surface area contributed by atoms with E-state index >= 15 is 0 Å². The lowest BCUT2D eigenvalue weighted by Crippen LogP contribution is -2.16. The molecule has 154 valence electrons. The monoisotopic (exact) mass is 481 g/mol. The van der Waals surface area contributed by atoms with E-state index in [9.17, 15) is 17.6 Å². The third kappa shape index (κ3) is 3.82. The quantitative estimate of drug-likeness (QED) is 0.425. The van der Waals surface area contributed by atoms with Crippen molar-refractivity contribution in [2.75, 3.05) is 5.32 Å². The molecule has 1 atom stereocenters. The third-order valence-electron chi connectivity index (χ3n) is 4.25. The number of nitrogens with one attached hydrogen (secondary N) is 1. The molecule has 3 aromatic heterocycles. The second-order valence-corrected chi connectivity index (χ2v) is 7.22. The Morgan fingerprint density at radius 3 is 2.57 bits per heavy atom. The first-order valence-electron chi connectivity index (χ1n) is 8.54. The van der Waals surface area contributed by atoms with Crippen molar-refractivity contribution in [1.29, 1.82) is 0 Å². The molecule has 0 bridgehead atoms. The van der Waals surface area contributed by atoms with Gasteiger partial charge in [0.2, 0.25) is 0 Å². The largest absolute Gasteiger partial charge is 0.418 e. The lowest BCUT2D eigenvalue weighted by atomic mass is 10.1. The molecule has 1 unspecified atom stereocenters. The summed E-state index contributed by atoms with van der Waals surface area (Å²) >= 11 is 3.11. The van der Waals surface area contributed by atoms with Crippen molar-refractivity contribution >= 4 is 32.7 Å². The van der Waals surface area contributed by atoms with Crippen LogP contribution in [0.5, 0.6) is 0 Å². The zero-order valence-corrected chi connectivity index (χ0v) is 16.8. The SMILES string of the molecule is CC(Nc1ncnc2c(C(F)(F)F)cc(Br)cc12)c1ncnn1-c1ccc(F)cn1. The molecule has 0 saturated carbocycles. The van der Waals surface area contributed by atoms with E-state index < -0.39 is 23.6 Å². The van der Waals surface area contributed by atoms with Crippen LogP contribution < -0.4 is 5.32 Å². The Kier molecular flexibility index (Phi) is 5.10. The maximum Gasteiger partial charge on any atom is 0.418 e. The summed E-state index contributed by atoms with van der Waals surface area (Å²) in [6.07, 6.45) is -1.16. The van der Waals surface area contributed by atoms with Crippen LogP contribution in [-0.4, -0.2) is 29.7 Å². The molecular weight excluding hydrogens is 470 g/mol. The zero-order valence-electron chi connectivity index (χ0n) is 15.2. The molecular formula is C18H12BrF4N7. The molecule has 0 saturated heterocycles. The van der Waals surface area contributed by atoms with Crippen LogP contribution in [0.2, 0.25) is 0 Å². The van der Waals surface area contributed by atoms with Gasteiger partial charge < -0.3 is 5.32 Å². The summed E-state index contributed by atoms with van der Waals surface area (Å²) < 4.78 is 55.1. The Balaban J connectivity index is 1.73. The molecule has 3 heterocycles. The maximum atomic E-state index is 13.4. The van der Waals surface area contributed by atoms with Crippen LogP contribution in [0.15, 0.2) is 47.6 Å². The van der Waals surface area contributed by atoms with Crippen LogP contribution >= 0.6 is 15.9 Å². The van der Waals surface area contributed by atoms with Crippen LogP contribution in [-0.2, 0) is 6.18 Å². The van der Waals surface area contributed by atoms with E-state index in [2.05, 4.69) is 46.3 Å². The number of fused-ring (bicyclic) bond motifs is 1. The summed E-state index contributed by atoms with van der Waals surface area (Å²) in [6.45, 7) is 1.74. The number of alkyl halides is 3.